The fourth-order valence-corrected chi connectivity index (χ4v) is 7.22. The van der Waals surface area contributed by atoms with E-state index in [0.717, 1.165) is 12.8 Å². The molecule has 0 aromatic carbocycles. The molecule has 218 valence electrons. The van der Waals surface area contributed by atoms with Crippen LogP contribution in [0.2, 0.25) is 0 Å². The van der Waals surface area contributed by atoms with Crippen molar-refractivity contribution in [3.05, 3.63) is 28.1 Å². The van der Waals surface area contributed by atoms with Crippen molar-refractivity contribution in [1.82, 2.24) is 24.2 Å². The van der Waals surface area contributed by atoms with E-state index in [1.54, 1.807) is 18.4 Å². The fraction of sp³-hybridized carbons (Fsp3) is 0.731. The van der Waals surface area contributed by atoms with E-state index >= 15 is 0 Å². The lowest BCUT2D eigenvalue weighted by Crippen LogP contribution is -2.47. The summed E-state index contributed by atoms with van der Waals surface area (Å²) in [7, 11) is -1.62. The third kappa shape index (κ3) is 4.85. The topological polar surface area (TPSA) is 137 Å². The van der Waals surface area contributed by atoms with E-state index in [1.807, 2.05) is 0 Å². The molecule has 2 aromatic rings. The van der Waals surface area contributed by atoms with Gasteiger partial charge in [-0.3, -0.25) is 24.5 Å². The highest BCUT2D eigenvalue weighted by Gasteiger charge is 2.77. The number of hydrogen-bond acceptors (Lipinski definition) is 9. The zero-order valence-electron chi connectivity index (χ0n) is 24.7. The first-order valence-electron chi connectivity index (χ1n) is 14.3. The maximum Gasteiger partial charge on any atom is 0.280 e. The van der Waals surface area contributed by atoms with Gasteiger partial charge in [0.25, 0.3) is 14.1 Å². The standard InChI is InChI=1S/C26H38N7O6P/c1-14(2)21(34)30-24-29-20-17(22(35)31-24)28-13-32(20)23-18-19(25(7,38-23)26(37-18)9-10-26)39-40(36-12-11-27-8)33(15(3)4)16(5)6/h13-16,18-19,23H,9-12H2,1-7H3,(H2,29,30,31,34,35)/t18-,19+,23-,25-,40?/m1/s1/i7D. The second kappa shape index (κ2) is 10.7. The quantitative estimate of drug-likeness (QED) is 0.234. The molecule has 5 atom stereocenters. The van der Waals surface area contributed by atoms with Crippen molar-refractivity contribution in [3.8, 4) is 0 Å². The number of carbonyl (C=O) groups excluding carboxylic acids is 1. The number of nitrogens with zero attached hydrogens (tertiary/aromatic N) is 5. The minimum Gasteiger partial charge on any atom is -0.361 e. The lowest BCUT2D eigenvalue weighted by molar-refractivity contribution is -0.216. The number of nitrogens with one attached hydrogen (secondary N) is 2. The average Bonchev–Trinajstić information content (AvgIpc) is 3.34. The SMILES string of the molecule is [2H]C[C@]12O[C@@H](n3cnc4c(=O)[nH]c(NC(=O)C(C)C)nc43)[C@H](OC13CC3)[C@@H]2OP(OCC[N+]#[C-])N(C(C)C)C(C)C. The first kappa shape index (κ1) is 27.7. The molecule has 14 heteroatoms. The summed E-state index contributed by atoms with van der Waals surface area (Å²) >= 11 is 0. The molecule has 2 N–H and O–H groups in total. The summed E-state index contributed by atoms with van der Waals surface area (Å²) in [6.07, 6.45) is 0.899. The molecule has 0 radical (unpaired) electrons. The molecule has 2 aromatic heterocycles. The Kier molecular flexibility index (Phi) is 7.44. The van der Waals surface area contributed by atoms with Crippen LogP contribution >= 0.6 is 8.53 Å². The largest absolute Gasteiger partial charge is 0.361 e. The predicted octanol–water partition coefficient (Wildman–Crippen LogP) is 3.60. The van der Waals surface area contributed by atoms with Crippen LogP contribution in [-0.2, 0) is 23.3 Å². The van der Waals surface area contributed by atoms with Crippen LogP contribution in [0.25, 0.3) is 16.0 Å². The summed E-state index contributed by atoms with van der Waals surface area (Å²) in [6, 6.07) is 0.195. The summed E-state index contributed by atoms with van der Waals surface area (Å²) in [6.45, 7) is 19.2. The van der Waals surface area contributed by atoms with Crippen LogP contribution in [-0.4, -0.2) is 78.7 Å². The number of aromatic amines is 1. The van der Waals surface area contributed by atoms with Crippen LogP contribution < -0.4 is 10.9 Å². The summed E-state index contributed by atoms with van der Waals surface area (Å²) < 4.78 is 38.7. The Labute approximate surface area is 236 Å². The van der Waals surface area contributed by atoms with Crippen molar-refractivity contribution >= 4 is 31.5 Å². The molecule has 2 bridgehead atoms. The molecule has 2 saturated heterocycles. The van der Waals surface area contributed by atoms with Gasteiger partial charge in [0.2, 0.25) is 18.4 Å². The molecule has 4 heterocycles. The highest BCUT2D eigenvalue weighted by atomic mass is 31.2. The second-order valence-electron chi connectivity index (χ2n) is 11.4. The van der Waals surface area contributed by atoms with Gasteiger partial charge in [-0.15, -0.1) is 0 Å². The lowest BCUT2D eigenvalue weighted by Gasteiger charge is -2.39. The van der Waals surface area contributed by atoms with E-state index in [9.17, 15) is 9.59 Å². The first-order chi connectivity index (χ1) is 19.5. The van der Waals surface area contributed by atoms with Crippen molar-refractivity contribution < 1.29 is 24.7 Å². The normalized spacial score (nSPS) is 27.7. The number of carbonyl (C=O) groups is 1. The number of hydrogen-bond donors (Lipinski definition) is 2. The molecule has 1 amide bonds. The average molecular weight is 577 g/mol. The van der Waals surface area contributed by atoms with Gasteiger partial charge in [-0.2, -0.15) is 4.98 Å². The van der Waals surface area contributed by atoms with E-state index in [2.05, 4.69) is 57.5 Å². The van der Waals surface area contributed by atoms with Gasteiger partial charge in [0.15, 0.2) is 17.4 Å². The van der Waals surface area contributed by atoms with E-state index in [0.29, 0.717) is 0 Å². The van der Waals surface area contributed by atoms with Crippen molar-refractivity contribution in [2.24, 2.45) is 5.92 Å². The fourth-order valence-electron chi connectivity index (χ4n) is 5.45. The number of H-pyrrole nitrogens is 1. The molecule has 40 heavy (non-hydrogen) atoms. The van der Waals surface area contributed by atoms with Crippen LogP contribution in [0.4, 0.5) is 5.95 Å². The highest BCUT2D eigenvalue weighted by molar-refractivity contribution is 7.44. The predicted molar refractivity (Wildman–Crippen MR) is 148 cm³/mol. The Bertz CT molecular complexity index is 1380. The molecular formula is C26H38N7O6P. The van der Waals surface area contributed by atoms with Gasteiger partial charge in [0.05, 0.1) is 6.33 Å². The number of anilines is 1. The van der Waals surface area contributed by atoms with Gasteiger partial charge >= 0.3 is 0 Å². The highest BCUT2D eigenvalue weighted by Crippen LogP contribution is 2.67. The Morgan fingerprint density at radius 1 is 1.35 bits per heavy atom. The van der Waals surface area contributed by atoms with E-state index in [4.69, 9.17) is 26.5 Å². The number of imidazole rings is 1. The first-order valence-corrected chi connectivity index (χ1v) is 14.8. The molecule has 5 rings (SSSR count). The number of aromatic nitrogens is 4. The second-order valence-corrected chi connectivity index (χ2v) is 12.8. The lowest BCUT2D eigenvalue weighted by atomic mass is 9.93. The smallest absolute Gasteiger partial charge is 0.280 e. The van der Waals surface area contributed by atoms with Crippen molar-refractivity contribution in [2.75, 3.05) is 18.5 Å². The van der Waals surface area contributed by atoms with Crippen LogP contribution in [0.3, 0.4) is 0 Å². The molecule has 1 unspecified atom stereocenters. The minimum atomic E-state index is -1.62. The maximum absolute atomic E-state index is 12.8. The van der Waals surface area contributed by atoms with Crippen molar-refractivity contribution in [3.63, 3.8) is 0 Å². The van der Waals surface area contributed by atoms with Crippen molar-refractivity contribution in [2.45, 2.75) is 103 Å². The van der Waals surface area contributed by atoms with Gasteiger partial charge in [-0.1, -0.05) is 13.8 Å². The minimum absolute atomic E-state index is 0.00919. The molecule has 13 nitrogen and oxygen atoms in total. The van der Waals surface area contributed by atoms with E-state index in [1.165, 1.54) is 6.33 Å². The van der Waals surface area contributed by atoms with Gasteiger partial charge in [-0.25, -0.2) is 16.2 Å². The number of amides is 1. The van der Waals surface area contributed by atoms with Crippen LogP contribution in [0, 0.1) is 12.5 Å². The molecule has 3 aliphatic rings. The molecule has 1 spiro atoms. The van der Waals surface area contributed by atoms with Gasteiger partial charge in [-0.05, 0) is 47.4 Å². The zero-order chi connectivity index (χ0) is 29.7. The van der Waals surface area contributed by atoms with Crippen molar-refractivity contribution in [1.29, 1.82) is 0 Å². The van der Waals surface area contributed by atoms with E-state index in [-0.39, 0.29) is 61.1 Å². The number of ether oxygens (including phenoxy) is 2. The Hall–Kier alpha value is -2.46. The Balaban J connectivity index is 1.51. The van der Waals surface area contributed by atoms with Crippen LogP contribution in [0.5, 0.6) is 0 Å². The summed E-state index contributed by atoms with van der Waals surface area (Å²) in [5.74, 6) is -0.590. The Morgan fingerprint density at radius 3 is 2.67 bits per heavy atom. The molecule has 1 aliphatic carbocycles. The maximum atomic E-state index is 12.8. The third-order valence-electron chi connectivity index (χ3n) is 7.53. The third-order valence-corrected chi connectivity index (χ3v) is 9.65. The van der Waals surface area contributed by atoms with E-state index < -0.39 is 43.7 Å². The van der Waals surface area contributed by atoms with Crippen LogP contribution in [0.1, 0.15) is 68.9 Å². The van der Waals surface area contributed by atoms with Gasteiger partial charge in [0, 0.05) is 19.4 Å². The molecule has 2 aliphatic heterocycles. The number of rotatable bonds is 11. The number of fused-ring (bicyclic) bond motifs is 4. The zero-order valence-corrected chi connectivity index (χ0v) is 24.6. The molecular weight excluding hydrogens is 537 g/mol. The summed E-state index contributed by atoms with van der Waals surface area (Å²) in [5, 5.41) is 2.64. The van der Waals surface area contributed by atoms with Gasteiger partial charge in [0.1, 0.15) is 30.0 Å². The molecule has 3 fully saturated rings. The summed E-state index contributed by atoms with van der Waals surface area (Å²) in [5.41, 5.74) is -1.89. The Morgan fingerprint density at radius 2 is 2.08 bits per heavy atom. The monoisotopic (exact) mass is 576 g/mol. The molecule has 1 saturated carbocycles. The van der Waals surface area contributed by atoms with Crippen LogP contribution in [0.15, 0.2) is 11.1 Å². The summed E-state index contributed by atoms with van der Waals surface area (Å²) in [4.78, 5) is 39.9. The van der Waals surface area contributed by atoms with Gasteiger partial charge < -0.3 is 23.4 Å².